The van der Waals surface area contributed by atoms with Crippen molar-refractivity contribution in [2.45, 2.75) is 26.4 Å². The zero-order chi connectivity index (χ0) is 15.0. The van der Waals surface area contributed by atoms with Crippen LogP contribution in [0.4, 0.5) is 0 Å². The summed E-state index contributed by atoms with van der Waals surface area (Å²) in [6, 6.07) is 4.95. The first-order valence-electron chi connectivity index (χ1n) is 6.54. The van der Waals surface area contributed by atoms with Crippen LogP contribution < -0.4 is 14.8 Å². The predicted molar refractivity (Wildman–Crippen MR) is 77.2 cm³/mol. The Morgan fingerprint density at radius 2 is 2.20 bits per heavy atom. The summed E-state index contributed by atoms with van der Waals surface area (Å²) < 4.78 is 11.0. The van der Waals surface area contributed by atoms with Crippen molar-refractivity contribution < 1.29 is 19.4 Å². The van der Waals surface area contributed by atoms with Crippen molar-refractivity contribution in [3.05, 3.63) is 36.4 Å². The Morgan fingerprint density at radius 1 is 1.45 bits per heavy atom. The molecule has 1 aromatic carbocycles. The standard InChI is InChI=1S/C15H21NO4/c1-4-8-20-13-7-6-12(9-14(13)19-5-2)10-16-11(3)15(17)18/h4,6-7,9,11,16H,1,5,8,10H2,2-3H3,(H,17,18). The molecular weight excluding hydrogens is 258 g/mol. The largest absolute Gasteiger partial charge is 0.490 e. The summed E-state index contributed by atoms with van der Waals surface area (Å²) in [5, 5.41) is 11.7. The third-order valence-corrected chi connectivity index (χ3v) is 2.65. The first-order valence-corrected chi connectivity index (χ1v) is 6.54. The van der Waals surface area contributed by atoms with E-state index < -0.39 is 12.0 Å². The minimum atomic E-state index is -0.874. The molecule has 0 aliphatic rings. The van der Waals surface area contributed by atoms with Gasteiger partial charge in [0.1, 0.15) is 12.6 Å². The smallest absolute Gasteiger partial charge is 0.320 e. The number of benzene rings is 1. The Bertz CT molecular complexity index is 459. The second-order valence-corrected chi connectivity index (χ2v) is 4.25. The molecular formula is C15H21NO4. The summed E-state index contributed by atoms with van der Waals surface area (Å²) in [7, 11) is 0. The molecule has 0 aliphatic heterocycles. The quantitative estimate of drug-likeness (QED) is 0.678. The lowest BCUT2D eigenvalue weighted by molar-refractivity contribution is -0.139. The van der Waals surface area contributed by atoms with E-state index in [0.29, 0.717) is 31.3 Å². The highest BCUT2D eigenvalue weighted by Gasteiger charge is 2.11. The summed E-state index contributed by atoms with van der Waals surface area (Å²) in [6.07, 6.45) is 1.67. The molecule has 0 bridgehead atoms. The molecule has 0 heterocycles. The Balaban J connectivity index is 2.75. The van der Waals surface area contributed by atoms with Crippen LogP contribution in [0.15, 0.2) is 30.9 Å². The van der Waals surface area contributed by atoms with Crippen LogP contribution in [-0.4, -0.2) is 30.3 Å². The van der Waals surface area contributed by atoms with E-state index >= 15 is 0 Å². The van der Waals surface area contributed by atoms with Crippen LogP contribution >= 0.6 is 0 Å². The van der Waals surface area contributed by atoms with Crippen LogP contribution in [0.3, 0.4) is 0 Å². The average molecular weight is 279 g/mol. The van der Waals surface area contributed by atoms with Crippen LogP contribution in [-0.2, 0) is 11.3 Å². The van der Waals surface area contributed by atoms with Crippen molar-refractivity contribution >= 4 is 5.97 Å². The van der Waals surface area contributed by atoms with E-state index in [1.54, 1.807) is 13.0 Å². The maximum absolute atomic E-state index is 10.7. The highest BCUT2D eigenvalue weighted by atomic mass is 16.5. The van der Waals surface area contributed by atoms with Crippen molar-refractivity contribution in [1.82, 2.24) is 5.32 Å². The van der Waals surface area contributed by atoms with Crippen LogP contribution in [0.25, 0.3) is 0 Å². The number of hydrogen-bond donors (Lipinski definition) is 2. The fourth-order valence-corrected chi connectivity index (χ4v) is 1.56. The van der Waals surface area contributed by atoms with Gasteiger partial charge in [0, 0.05) is 6.54 Å². The van der Waals surface area contributed by atoms with Crippen molar-refractivity contribution in [2.75, 3.05) is 13.2 Å². The van der Waals surface area contributed by atoms with Gasteiger partial charge >= 0.3 is 5.97 Å². The van der Waals surface area contributed by atoms with Gasteiger partial charge in [0.25, 0.3) is 0 Å². The molecule has 1 unspecified atom stereocenters. The fraction of sp³-hybridized carbons (Fsp3) is 0.400. The van der Waals surface area contributed by atoms with Gasteiger partial charge in [-0.15, -0.1) is 0 Å². The van der Waals surface area contributed by atoms with Gasteiger partial charge in [-0.05, 0) is 31.5 Å². The Kier molecular flexibility index (Phi) is 6.59. The topological polar surface area (TPSA) is 67.8 Å². The van der Waals surface area contributed by atoms with Gasteiger partial charge in [0.2, 0.25) is 0 Å². The zero-order valence-corrected chi connectivity index (χ0v) is 11.9. The second kappa shape index (κ2) is 8.22. The van der Waals surface area contributed by atoms with E-state index in [-0.39, 0.29) is 0 Å². The molecule has 0 fully saturated rings. The molecule has 2 N–H and O–H groups in total. The number of nitrogens with one attached hydrogen (secondary N) is 1. The number of carboxylic acids is 1. The minimum absolute atomic E-state index is 0.410. The lowest BCUT2D eigenvalue weighted by Gasteiger charge is -2.14. The van der Waals surface area contributed by atoms with E-state index in [0.717, 1.165) is 5.56 Å². The van der Waals surface area contributed by atoms with Gasteiger partial charge < -0.3 is 19.9 Å². The highest BCUT2D eigenvalue weighted by molar-refractivity contribution is 5.72. The number of rotatable bonds is 9. The third kappa shape index (κ3) is 4.93. The molecule has 20 heavy (non-hydrogen) atoms. The molecule has 0 aromatic heterocycles. The second-order valence-electron chi connectivity index (χ2n) is 4.25. The van der Waals surface area contributed by atoms with Crippen molar-refractivity contribution in [3.8, 4) is 11.5 Å². The molecule has 1 atom stereocenters. The van der Waals surface area contributed by atoms with Gasteiger partial charge in [0.05, 0.1) is 6.61 Å². The normalized spacial score (nSPS) is 11.7. The Labute approximate surface area is 119 Å². The van der Waals surface area contributed by atoms with E-state index in [4.69, 9.17) is 14.6 Å². The minimum Gasteiger partial charge on any atom is -0.490 e. The van der Waals surface area contributed by atoms with Gasteiger partial charge in [0.15, 0.2) is 11.5 Å². The Hall–Kier alpha value is -2.01. The fourth-order valence-electron chi connectivity index (χ4n) is 1.56. The van der Waals surface area contributed by atoms with Crippen LogP contribution in [0.5, 0.6) is 11.5 Å². The number of aliphatic carboxylic acids is 1. The average Bonchev–Trinajstić information content (AvgIpc) is 2.44. The van der Waals surface area contributed by atoms with Crippen molar-refractivity contribution in [2.24, 2.45) is 0 Å². The van der Waals surface area contributed by atoms with Crippen LogP contribution in [0.2, 0.25) is 0 Å². The van der Waals surface area contributed by atoms with Gasteiger partial charge in [-0.2, -0.15) is 0 Å². The SMILES string of the molecule is C=CCOc1ccc(CNC(C)C(=O)O)cc1OCC. The number of carboxylic acid groups (broad SMARTS) is 1. The molecule has 1 aromatic rings. The summed E-state index contributed by atoms with van der Waals surface area (Å²) in [6.45, 7) is 8.50. The third-order valence-electron chi connectivity index (χ3n) is 2.65. The van der Waals surface area contributed by atoms with E-state index in [1.807, 2.05) is 25.1 Å². The number of ether oxygens (including phenoxy) is 2. The molecule has 5 heteroatoms. The molecule has 5 nitrogen and oxygen atoms in total. The van der Waals surface area contributed by atoms with Crippen LogP contribution in [0, 0.1) is 0 Å². The molecule has 0 spiro atoms. The summed E-state index contributed by atoms with van der Waals surface area (Å²) >= 11 is 0. The maximum atomic E-state index is 10.7. The first-order chi connectivity index (χ1) is 9.58. The highest BCUT2D eigenvalue weighted by Crippen LogP contribution is 2.28. The summed E-state index contributed by atoms with van der Waals surface area (Å²) in [5.74, 6) is 0.430. The van der Waals surface area contributed by atoms with Crippen LogP contribution in [0.1, 0.15) is 19.4 Å². The Morgan fingerprint density at radius 3 is 2.80 bits per heavy atom. The lowest BCUT2D eigenvalue weighted by Crippen LogP contribution is -2.33. The number of carbonyl (C=O) groups is 1. The predicted octanol–water partition coefficient (Wildman–Crippen LogP) is 2.21. The van der Waals surface area contributed by atoms with Gasteiger partial charge in [-0.1, -0.05) is 18.7 Å². The molecule has 0 amide bonds. The summed E-state index contributed by atoms with van der Waals surface area (Å²) in [4.78, 5) is 10.7. The van der Waals surface area contributed by atoms with E-state index in [1.165, 1.54) is 0 Å². The zero-order valence-electron chi connectivity index (χ0n) is 11.9. The molecule has 0 radical (unpaired) electrons. The monoisotopic (exact) mass is 279 g/mol. The first kappa shape index (κ1) is 16.0. The molecule has 0 aliphatic carbocycles. The van der Waals surface area contributed by atoms with Crippen molar-refractivity contribution in [1.29, 1.82) is 0 Å². The lowest BCUT2D eigenvalue weighted by atomic mass is 10.2. The molecule has 1 rings (SSSR count). The molecule has 0 saturated heterocycles. The van der Waals surface area contributed by atoms with Gasteiger partial charge in [-0.25, -0.2) is 0 Å². The molecule has 110 valence electrons. The van der Waals surface area contributed by atoms with Gasteiger partial charge in [-0.3, -0.25) is 4.79 Å². The molecule has 0 saturated carbocycles. The summed E-state index contributed by atoms with van der Waals surface area (Å²) in [5.41, 5.74) is 0.938. The van der Waals surface area contributed by atoms with Crippen molar-refractivity contribution in [3.63, 3.8) is 0 Å². The van der Waals surface area contributed by atoms with E-state index in [2.05, 4.69) is 11.9 Å². The van der Waals surface area contributed by atoms with E-state index in [9.17, 15) is 4.79 Å². The number of hydrogen-bond acceptors (Lipinski definition) is 4. The maximum Gasteiger partial charge on any atom is 0.320 e.